The summed E-state index contributed by atoms with van der Waals surface area (Å²) in [6.45, 7) is 8.44. The van der Waals surface area contributed by atoms with Gasteiger partial charge in [0.2, 0.25) is 0 Å². The third kappa shape index (κ3) is 2.63. The summed E-state index contributed by atoms with van der Waals surface area (Å²) in [4.78, 5) is 12.6. The van der Waals surface area contributed by atoms with E-state index in [-0.39, 0.29) is 17.3 Å². The molecule has 20 heavy (non-hydrogen) atoms. The van der Waals surface area contributed by atoms with Crippen LogP contribution in [0.1, 0.15) is 66.2 Å². The van der Waals surface area contributed by atoms with Gasteiger partial charge in [0.25, 0.3) is 0 Å². The average Bonchev–Trinajstić information content (AvgIpc) is 2.38. The van der Waals surface area contributed by atoms with Crippen LogP contribution in [0.3, 0.4) is 0 Å². The highest BCUT2D eigenvalue weighted by molar-refractivity contribution is 6.09. The van der Waals surface area contributed by atoms with Gasteiger partial charge in [-0.05, 0) is 56.1 Å². The van der Waals surface area contributed by atoms with Crippen LogP contribution in [-0.4, -0.2) is 17.0 Å². The van der Waals surface area contributed by atoms with E-state index in [1.165, 1.54) is 5.57 Å². The minimum atomic E-state index is -0.306. The molecular weight excluding hydrogens is 248 g/mol. The number of carbonyl (C=O) groups excluding carboxylic acids is 1. The average molecular weight is 276 g/mol. The number of hydrogen-bond donors (Lipinski definition) is 1. The lowest BCUT2D eigenvalue weighted by molar-refractivity contribution is -0.113. The first-order valence-electron chi connectivity index (χ1n) is 8.03. The number of carbonyl (C=O) groups is 1. The number of rotatable bonds is 3. The molecular formula is C18H28O2. The lowest BCUT2D eigenvalue weighted by Gasteiger charge is -2.45. The van der Waals surface area contributed by atoms with E-state index in [0.29, 0.717) is 12.3 Å². The van der Waals surface area contributed by atoms with E-state index in [9.17, 15) is 9.90 Å². The number of aliphatic hydroxyl groups is 1. The predicted octanol–water partition coefficient (Wildman–Crippen LogP) is 4.19. The number of aliphatic hydroxyl groups excluding tert-OH is 1. The fraction of sp³-hybridized carbons (Fsp3) is 0.722. The molecule has 2 nitrogen and oxygen atoms in total. The minimum absolute atomic E-state index is 0.214. The molecule has 0 radical (unpaired) electrons. The van der Waals surface area contributed by atoms with Gasteiger partial charge in [0.1, 0.15) is 0 Å². The van der Waals surface area contributed by atoms with E-state index in [1.807, 2.05) is 6.92 Å². The molecule has 2 heteroatoms. The molecule has 1 fully saturated rings. The Kier molecular flexibility index (Phi) is 4.53. The third-order valence-corrected chi connectivity index (χ3v) is 5.20. The summed E-state index contributed by atoms with van der Waals surface area (Å²) >= 11 is 0. The smallest absolute Gasteiger partial charge is 0.184 e. The van der Waals surface area contributed by atoms with Crippen molar-refractivity contribution in [3.63, 3.8) is 0 Å². The molecule has 0 amide bonds. The zero-order valence-electron chi connectivity index (χ0n) is 13.3. The molecule has 2 rings (SSSR count). The molecule has 1 saturated carbocycles. The molecule has 112 valence electrons. The zero-order valence-corrected chi connectivity index (χ0v) is 13.3. The maximum Gasteiger partial charge on any atom is 0.184 e. The van der Waals surface area contributed by atoms with Crippen LogP contribution in [0.25, 0.3) is 0 Å². The van der Waals surface area contributed by atoms with Crippen LogP contribution in [0.15, 0.2) is 22.8 Å². The summed E-state index contributed by atoms with van der Waals surface area (Å²) in [5.41, 5.74) is 2.82. The van der Waals surface area contributed by atoms with Gasteiger partial charge in [-0.25, -0.2) is 0 Å². The lowest BCUT2D eigenvalue weighted by atomic mass is 9.61. The Bertz CT molecular complexity index is 458. The molecule has 0 aromatic carbocycles. The first kappa shape index (κ1) is 15.5. The van der Waals surface area contributed by atoms with E-state index < -0.39 is 0 Å². The van der Waals surface area contributed by atoms with Gasteiger partial charge in [-0.2, -0.15) is 0 Å². The molecule has 1 N–H and O–H groups in total. The van der Waals surface area contributed by atoms with Crippen molar-refractivity contribution in [2.45, 2.75) is 72.3 Å². The van der Waals surface area contributed by atoms with Crippen molar-refractivity contribution < 1.29 is 9.90 Å². The van der Waals surface area contributed by atoms with E-state index in [0.717, 1.165) is 43.3 Å². The summed E-state index contributed by atoms with van der Waals surface area (Å²) in [5.74, 6) is 0.659. The number of ketones is 1. The van der Waals surface area contributed by atoms with Gasteiger partial charge in [-0.3, -0.25) is 4.79 Å². The minimum Gasteiger partial charge on any atom is -0.392 e. The second-order valence-electron chi connectivity index (χ2n) is 6.89. The topological polar surface area (TPSA) is 37.3 Å². The second kappa shape index (κ2) is 5.85. The van der Waals surface area contributed by atoms with Crippen LogP contribution >= 0.6 is 0 Å². The van der Waals surface area contributed by atoms with Crippen LogP contribution in [0, 0.1) is 11.3 Å². The highest BCUT2D eigenvalue weighted by Gasteiger charge is 2.45. The summed E-state index contributed by atoms with van der Waals surface area (Å²) in [5, 5.41) is 10.5. The van der Waals surface area contributed by atoms with Crippen molar-refractivity contribution in [2.75, 3.05) is 0 Å². The van der Waals surface area contributed by atoms with E-state index in [1.54, 1.807) is 0 Å². The molecule has 2 aliphatic carbocycles. The van der Waals surface area contributed by atoms with Gasteiger partial charge in [-0.1, -0.05) is 38.8 Å². The van der Waals surface area contributed by atoms with Crippen molar-refractivity contribution in [3.05, 3.63) is 22.8 Å². The molecule has 0 aromatic heterocycles. The van der Waals surface area contributed by atoms with Crippen molar-refractivity contribution >= 4 is 5.78 Å². The van der Waals surface area contributed by atoms with Gasteiger partial charge in [0, 0.05) is 5.41 Å². The molecule has 0 saturated heterocycles. The monoisotopic (exact) mass is 276 g/mol. The normalized spacial score (nSPS) is 34.4. The van der Waals surface area contributed by atoms with Crippen LogP contribution in [0.5, 0.6) is 0 Å². The fourth-order valence-corrected chi connectivity index (χ4v) is 3.99. The van der Waals surface area contributed by atoms with Crippen molar-refractivity contribution in [1.29, 1.82) is 0 Å². The van der Waals surface area contributed by atoms with E-state index in [2.05, 4.69) is 26.8 Å². The molecule has 1 unspecified atom stereocenters. The van der Waals surface area contributed by atoms with Crippen LogP contribution in [0.2, 0.25) is 0 Å². The van der Waals surface area contributed by atoms with Crippen LogP contribution in [-0.2, 0) is 4.79 Å². The standard InChI is InChI=1S/C18H28O2/c1-5-7-12(2)10-14-11-18(4)15(13(3)17(14)20)8-6-9-16(18)19/h10,12,16,19H,5-9,11H2,1-4H3/b14-10+/t12?,16-,18-/m0/s1. The summed E-state index contributed by atoms with van der Waals surface area (Å²) in [6, 6.07) is 0. The summed E-state index contributed by atoms with van der Waals surface area (Å²) in [6.07, 6.45) is 7.65. The fourth-order valence-electron chi connectivity index (χ4n) is 3.99. The molecule has 0 aromatic rings. The van der Waals surface area contributed by atoms with Crippen LogP contribution < -0.4 is 0 Å². The predicted molar refractivity (Wildman–Crippen MR) is 82.4 cm³/mol. The Hall–Kier alpha value is -0.890. The van der Waals surface area contributed by atoms with Gasteiger partial charge in [-0.15, -0.1) is 0 Å². The Morgan fingerprint density at radius 3 is 2.85 bits per heavy atom. The van der Waals surface area contributed by atoms with Crippen molar-refractivity contribution in [3.8, 4) is 0 Å². The maximum absolute atomic E-state index is 12.6. The third-order valence-electron chi connectivity index (χ3n) is 5.20. The maximum atomic E-state index is 12.6. The summed E-state index contributed by atoms with van der Waals surface area (Å²) < 4.78 is 0. The first-order valence-corrected chi connectivity index (χ1v) is 8.03. The Labute approximate surface area is 123 Å². The Balaban J connectivity index is 2.37. The Morgan fingerprint density at radius 2 is 2.20 bits per heavy atom. The highest BCUT2D eigenvalue weighted by Crippen LogP contribution is 2.50. The summed E-state index contributed by atoms with van der Waals surface area (Å²) in [7, 11) is 0. The van der Waals surface area contributed by atoms with Gasteiger partial charge >= 0.3 is 0 Å². The largest absolute Gasteiger partial charge is 0.392 e. The molecule has 0 aliphatic heterocycles. The highest BCUT2D eigenvalue weighted by atomic mass is 16.3. The molecule has 0 heterocycles. The Morgan fingerprint density at radius 1 is 1.50 bits per heavy atom. The van der Waals surface area contributed by atoms with E-state index in [4.69, 9.17) is 0 Å². The lowest BCUT2D eigenvalue weighted by Crippen LogP contribution is -2.42. The quantitative estimate of drug-likeness (QED) is 0.785. The van der Waals surface area contributed by atoms with Gasteiger partial charge < -0.3 is 5.11 Å². The number of fused-ring (bicyclic) bond motifs is 1. The van der Waals surface area contributed by atoms with E-state index >= 15 is 0 Å². The van der Waals surface area contributed by atoms with Crippen molar-refractivity contribution in [2.24, 2.45) is 11.3 Å². The second-order valence-corrected chi connectivity index (χ2v) is 6.89. The van der Waals surface area contributed by atoms with Gasteiger partial charge in [0.05, 0.1) is 6.10 Å². The molecule has 3 atom stereocenters. The molecule has 0 bridgehead atoms. The SMILES string of the molecule is CCCC(C)/C=C1\C[C@@]2(C)C(=C(C)C1=O)CCC[C@@H]2O. The number of Topliss-reactive ketones (excluding diaryl/α,β-unsaturated/α-hetero) is 1. The number of hydrogen-bond acceptors (Lipinski definition) is 2. The zero-order chi connectivity index (χ0) is 14.9. The van der Waals surface area contributed by atoms with Crippen LogP contribution in [0.4, 0.5) is 0 Å². The molecule has 0 spiro atoms. The van der Waals surface area contributed by atoms with Gasteiger partial charge in [0.15, 0.2) is 5.78 Å². The van der Waals surface area contributed by atoms with Crippen molar-refractivity contribution in [1.82, 2.24) is 0 Å². The first-order chi connectivity index (χ1) is 9.40. The molecule has 2 aliphatic rings. The number of allylic oxidation sites excluding steroid dienone is 3.